The third kappa shape index (κ3) is 22.7. The van der Waals surface area contributed by atoms with Gasteiger partial charge in [0.1, 0.15) is 0 Å². The van der Waals surface area contributed by atoms with Crippen LogP contribution in [0.1, 0.15) is 149 Å². The average molecular weight is 463 g/mol. The van der Waals surface area contributed by atoms with Crippen molar-refractivity contribution < 1.29 is 0 Å². The van der Waals surface area contributed by atoms with Crippen LogP contribution >= 0.6 is 17.0 Å². The molecule has 2 heteroatoms. The average Bonchev–Trinajstić information content (AvgIpc) is 2.66. The third-order valence-electron chi connectivity index (χ3n) is 6.26. The van der Waals surface area contributed by atoms with Crippen molar-refractivity contribution in [2.24, 2.45) is 0 Å². The van der Waals surface area contributed by atoms with Crippen LogP contribution in [0.25, 0.3) is 0 Å². The van der Waals surface area contributed by atoms with Crippen molar-refractivity contribution >= 4 is 17.0 Å². The third-order valence-corrected chi connectivity index (χ3v) is 6.26. The fourth-order valence-corrected chi connectivity index (χ4v) is 4.22. The minimum absolute atomic E-state index is 0. The van der Waals surface area contributed by atoms with Crippen LogP contribution < -0.4 is 0 Å². The molecule has 1 atom stereocenters. The van der Waals surface area contributed by atoms with Crippen molar-refractivity contribution in [1.82, 2.24) is 4.90 Å². The first-order chi connectivity index (χ1) is 13.2. The van der Waals surface area contributed by atoms with E-state index in [1.165, 1.54) is 135 Å². The molecule has 0 aromatic carbocycles. The number of rotatable bonds is 22. The Bertz CT molecular complexity index is 267. The normalized spacial score (nSPS) is 12.3. The lowest BCUT2D eigenvalue weighted by atomic mass is 9.99. The molecule has 0 heterocycles. The van der Waals surface area contributed by atoms with Gasteiger partial charge >= 0.3 is 0 Å². The highest BCUT2D eigenvalue weighted by Crippen LogP contribution is 2.17. The first kappa shape index (κ1) is 30.6. The summed E-state index contributed by atoms with van der Waals surface area (Å²) in [7, 11) is 4.57. The summed E-state index contributed by atoms with van der Waals surface area (Å²) >= 11 is 0. The molecule has 0 aromatic heterocycles. The van der Waals surface area contributed by atoms with Crippen LogP contribution in [-0.2, 0) is 0 Å². The second-order valence-electron chi connectivity index (χ2n) is 9.21. The van der Waals surface area contributed by atoms with E-state index in [2.05, 4.69) is 32.8 Å². The Hall–Kier alpha value is 0.440. The standard InChI is InChI=1S/C26H55N.BrH/c1-5-7-9-11-13-14-15-16-17-19-21-23-25-26(27(3)4)24-22-20-18-12-10-8-6-2;/h26H,5-25H2,1-4H3;1H. The van der Waals surface area contributed by atoms with Gasteiger partial charge in [0, 0.05) is 6.04 Å². The molecule has 0 saturated heterocycles. The van der Waals surface area contributed by atoms with E-state index in [-0.39, 0.29) is 17.0 Å². The number of hydrogen-bond donors (Lipinski definition) is 0. The molecule has 0 aliphatic heterocycles. The van der Waals surface area contributed by atoms with Gasteiger partial charge < -0.3 is 4.90 Å². The summed E-state index contributed by atoms with van der Waals surface area (Å²) in [6.45, 7) is 4.60. The van der Waals surface area contributed by atoms with Gasteiger partial charge in [0.2, 0.25) is 0 Å². The van der Waals surface area contributed by atoms with Gasteiger partial charge in [-0.15, -0.1) is 17.0 Å². The molecular formula is C26H56BrN. The molecule has 28 heavy (non-hydrogen) atoms. The minimum atomic E-state index is 0. The molecule has 172 valence electrons. The predicted molar refractivity (Wildman–Crippen MR) is 136 cm³/mol. The van der Waals surface area contributed by atoms with E-state index in [4.69, 9.17) is 0 Å². The Balaban J connectivity index is 0. The molecule has 0 bridgehead atoms. The predicted octanol–water partition coefficient (Wildman–Crippen LogP) is 9.73. The van der Waals surface area contributed by atoms with E-state index in [0.717, 1.165) is 6.04 Å². The van der Waals surface area contributed by atoms with Gasteiger partial charge in [0.15, 0.2) is 0 Å². The van der Waals surface area contributed by atoms with Gasteiger partial charge in [-0.3, -0.25) is 0 Å². The van der Waals surface area contributed by atoms with Crippen LogP contribution in [0.2, 0.25) is 0 Å². The molecule has 0 N–H and O–H groups in total. The van der Waals surface area contributed by atoms with Gasteiger partial charge in [-0.1, -0.05) is 136 Å². The summed E-state index contributed by atoms with van der Waals surface area (Å²) in [5, 5.41) is 0. The number of unbranched alkanes of at least 4 members (excludes halogenated alkanes) is 17. The van der Waals surface area contributed by atoms with E-state index >= 15 is 0 Å². The van der Waals surface area contributed by atoms with Crippen LogP contribution in [-0.4, -0.2) is 25.0 Å². The lowest BCUT2D eigenvalue weighted by Gasteiger charge is -2.24. The van der Waals surface area contributed by atoms with Crippen LogP contribution in [0.5, 0.6) is 0 Å². The van der Waals surface area contributed by atoms with E-state index in [1.807, 2.05) is 0 Å². The second-order valence-corrected chi connectivity index (χ2v) is 9.21. The second kappa shape index (κ2) is 25.5. The van der Waals surface area contributed by atoms with Crippen LogP contribution in [0.15, 0.2) is 0 Å². The Labute approximate surface area is 190 Å². The molecule has 0 spiro atoms. The number of hydrogen-bond acceptors (Lipinski definition) is 1. The maximum absolute atomic E-state index is 2.48. The summed E-state index contributed by atoms with van der Waals surface area (Å²) < 4.78 is 0. The Morgan fingerprint density at radius 3 is 0.929 bits per heavy atom. The maximum atomic E-state index is 2.48. The molecule has 0 aliphatic rings. The van der Waals surface area contributed by atoms with Crippen molar-refractivity contribution in [2.75, 3.05) is 14.1 Å². The first-order valence-corrected chi connectivity index (χ1v) is 12.9. The molecule has 0 fully saturated rings. The molecule has 0 aliphatic carbocycles. The Morgan fingerprint density at radius 1 is 0.429 bits per heavy atom. The van der Waals surface area contributed by atoms with Crippen molar-refractivity contribution in [2.45, 2.75) is 155 Å². The molecule has 1 unspecified atom stereocenters. The highest BCUT2D eigenvalue weighted by Gasteiger charge is 2.10. The van der Waals surface area contributed by atoms with Crippen LogP contribution in [0.4, 0.5) is 0 Å². The topological polar surface area (TPSA) is 3.24 Å². The fraction of sp³-hybridized carbons (Fsp3) is 1.00. The van der Waals surface area contributed by atoms with Gasteiger partial charge in [0.05, 0.1) is 0 Å². The first-order valence-electron chi connectivity index (χ1n) is 12.9. The van der Waals surface area contributed by atoms with Gasteiger partial charge in [-0.05, 0) is 26.9 Å². The lowest BCUT2D eigenvalue weighted by Crippen LogP contribution is -2.27. The maximum Gasteiger partial charge on any atom is 0.00891 e. The molecule has 0 saturated carbocycles. The zero-order valence-corrected chi connectivity index (χ0v) is 22.0. The largest absolute Gasteiger partial charge is 0.306 e. The van der Waals surface area contributed by atoms with Gasteiger partial charge in [0.25, 0.3) is 0 Å². The summed E-state index contributed by atoms with van der Waals surface area (Å²) in [6, 6.07) is 0.823. The van der Waals surface area contributed by atoms with Crippen LogP contribution in [0, 0.1) is 0 Å². The van der Waals surface area contributed by atoms with Crippen molar-refractivity contribution in [3.63, 3.8) is 0 Å². The molecule has 0 radical (unpaired) electrons. The molecule has 1 nitrogen and oxygen atoms in total. The lowest BCUT2D eigenvalue weighted by molar-refractivity contribution is 0.251. The van der Waals surface area contributed by atoms with Crippen molar-refractivity contribution in [1.29, 1.82) is 0 Å². The van der Waals surface area contributed by atoms with Crippen molar-refractivity contribution in [3.05, 3.63) is 0 Å². The summed E-state index contributed by atoms with van der Waals surface area (Å²) in [6.07, 6.45) is 30.4. The summed E-state index contributed by atoms with van der Waals surface area (Å²) in [5.74, 6) is 0. The SMILES string of the molecule is Br.CCCCCCCCCCCCCCC(CCCCCCCCC)N(C)C. The smallest absolute Gasteiger partial charge is 0.00891 e. The van der Waals surface area contributed by atoms with E-state index in [9.17, 15) is 0 Å². The Kier molecular flexibility index (Phi) is 27.9. The minimum Gasteiger partial charge on any atom is -0.306 e. The fourth-order valence-electron chi connectivity index (χ4n) is 4.22. The monoisotopic (exact) mass is 461 g/mol. The van der Waals surface area contributed by atoms with Gasteiger partial charge in [-0.25, -0.2) is 0 Å². The van der Waals surface area contributed by atoms with Gasteiger partial charge in [-0.2, -0.15) is 0 Å². The number of nitrogens with zero attached hydrogens (tertiary/aromatic N) is 1. The molecule has 0 amide bonds. The quantitative estimate of drug-likeness (QED) is 0.145. The molecular weight excluding hydrogens is 406 g/mol. The summed E-state index contributed by atoms with van der Waals surface area (Å²) in [5.41, 5.74) is 0. The summed E-state index contributed by atoms with van der Waals surface area (Å²) in [4.78, 5) is 2.48. The van der Waals surface area contributed by atoms with Crippen molar-refractivity contribution in [3.8, 4) is 0 Å². The molecule has 0 rings (SSSR count). The Morgan fingerprint density at radius 2 is 0.679 bits per heavy atom. The van der Waals surface area contributed by atoms with E-state index in [1.54, 1.807) is 0 Å². The van der Waals surface area contributed by atoms with Crippen LogP contribution in [0.3, 0.4) is 0 Å². The number of halogens is 1. The molecule has 0 aromatic rings. The zero-order chi connectivity index (χ0) is 20.0. The van der Waals surface area contributed by atoms with E-state index in [0.29, 0.717) is 0 Å². The zero-order valence-electron chi connectivity index (χ0n) is 20.3. The van der Waals surface area contributed by atoms with E-state index < -0.39 is 0 Å². The highest BCUT2D eigenvalue weighted by molar-refractivity contribution is 8.93. The highest BCUT2D eigenvalue weighted by atomic mass is 79.9.